The summed E-state index contributed by atoms with van der Waals surface area (Å²) in [6, 6.07) is 11.4. The van der Waals surface area contributed by atoms with Crippen LogP contribution in [0, 0.1) is 25.2 Å². The average Bonchev–Trinajstić information content (AvgIpc) is 2.58. The van der Waals surface area contributed by atoms with Crippen LogP contribution in [0.4, 0.5) is 0 Å². The van der Waals surface area contributed by atoms with Crippen LogP contribution in [0.1, 0.15) is 34.1 Å². The molecule has 0 bridgehead atoms. The van der Waals surface area contributed by atoms with Crippen molar-refractivity contribution in [3.05, 3.63) is 52.7 Å². The van der Waals surface area contributed by atoms with Crippen molar-refractivity contribution in [1.29, 1.82) is 5.26 Å². The molecule has 0 saturated heterocycles. The van der Waals surface area contributed by atoms with Crippen LogP contribution >= 0.6 is 0 Å². The van der Waals surface area contributed by atoms with E-state index in [9.17, 15) is 4.79 Å². The van der Waals surface area contributed by atoms with Crippen LogP contribution in [0.2, 0.25) is 0 Å². The number of nitriles is 1. The molecule has 124 valence electrons. The van der Waals surface area contributed by atoms with Gasteiger partial charge >= 0.3 is 0 Å². The molecule has 0 aliphatic rings. The van der Waals surface area contributed by atoms with Crippen molar-refractivity contribution in [1.82, 2.24) is 10.3 Å². The van der Waals surface area contributed by atoms with Crippen molar-refractivity contribution in [3.8, 4) is 17.3 Å². The Kier molecular flexibility index (Phi) is 6.05. The van der Waals surface area contributed by atoms with Crippen LogP contribution in [-0.2, 0) is 4.74 Å². The van der Waals surface area contributed by atoms with Gasteiger partial charge in [0.15, 0.2) is 0 Å². The van der Waals surface area contributed by atoms with Crippen molar-refractivity contribution in [2.45, 2.75) is 20.8 Å². The standard InChI is InChI=1S/C19H21N3O2/c1-4-24-9-8-21-19(23)16-7-5-6-15(11-16)18-10-13(2)17(12-20)14(3)22-18/h5-7,10-11H,4,8-9H2,1-3H3,(H,21,23). The minimum absolute atomic E-state index is 0.140. The van der Waals surface area contributed by atoms with Gasteiger partial charge in [0.25, 0.3) is 5.91 Å². The molecule has 5 heteroatoms. The number of ether oxygens (including phenoxy) is 1. The lowest BCUT2D eigenvalue weighted by molar-refractivity contribution is 0.0922. The number of nitrogens with zero attached hydrogens (tertiary/aromatic N) is 2. The molecule has 2 rings (SSSR count). The summed E-state index contributed by atoms with van der Waals surface area (Å²) >= 11 is 0. The lowest BCUT2D eigenvalue weighted by atomic mass is 10.0. The van der Waals surface area contributed by atoms with Gasteiger partial charge in [-0.3, -0.25) is 9.78 Å². The van der Waals surface area contributed by atoms with Gasteiger partial charge in [0.1, 0.15) is 6.07 Å². The zero-order valence-electron chi connectivity index (χ0n) is 14.2. The summed E-state index contributed by atoms with van der Waals surface area (Å²) in [5.41, 5.74) is 4.36. The highest BCUT2D eigenvalue weighted by Gasteiger charge is 2.10. The minimum atomic E-state index is -0.140. The third kappa shape index (κ3) is 4.18. The largest absolute Gasteiger partial charge is 0.380 e. The number of benzene rings is 1. The van der Waals surface area contributed by atoms with Gasteiger partial charge in [-0.25, -0.2) is 0 Å². The number of aromatic nitrogens is 1. The van der Waals surface area contributed by atoms with E-state index in [0.29, 0.717) is 36.6 Å². The summed E-state index contributed by atoms with van der Waals surface area (Å²) in [5.74, 6) is -0.140. The van der Waals surface area contributed by atoms with E-state index in [0.717, 1.165) is 16.8 Å². The van der Waals surface area contributed by atoms with Gasteiger partial charge in [-0.1, -0.05) is 12.1 Å². The van der Waals surface area contributed by atoms with E-state index < -0.39 is 0 Å². The van der Waals surface area contributed by atoms with E-state index in [-0.39, 0.29) is 5.91 Å². The van der Waals surface area contributed by atoms with E-state index >= 15 is 0 Å². The number of carbonyl (C=O) groups is 1. The molecule has 0 saturated carbocycles. The maximum absolute atomic E-state index is 12.2. The minimum Gasteiger partial charge on any atom is -0.380 e. The fraction of sp³-hybridized carbons (Fsp3) is 0.316. The number of pyridine rings is 1. The number of nitrogens with one attached hydrogen (secondary N) is 1. The molecular weight excluding hydrogens is 302 g/mol. The molecule has 0 unspecified atom stereocenters. The Morgan fingerprint density at radius 3 is 2.79 bits per heavy atom. The van der Waals surface area contributed by atoms with Crippen LogP contribution in [0.15, 0.2) is 30.3 Å². The first-order valence-electron chi connectivity index (χ1n) is 7.91. The van der Waals surface area contributed by atoms with E-state index in [1.165, 1.54) is 0 Å². The summed E-state index contributed by atoms with van der Waals surface area (Å²) < 4.78 is 5.21. The smallest absolute Gasteiger partial charge is 0.251 e. The molecule has 0 aliphatic heterocycles. The maximum Gasteiger partial charge on any atom is 0.251 e. The van der Waals surface area contributed by atoms with Crippen molar-refractivity contribution < 1.29 is 9.53 Å². The summed E-state index contributed by atoms with van der Waals surface area (Å²) in [6.45, 7) is 7.23. The fourth-order valence-corrected chi connectivity index (χ4v) is 2.45. The molecule has 1 aromatic heterocycles. The Hall–Kier alpha value is -2.71. The number of hydrogen-bond donors (Lipinski definition) is 1. The zero-order chi connectivity index (χ0) is 17.5. The molecule has 0 atom stereocenters. The van der Waals surface area contributed by atoms with Crippen LogP contribution in [0.3, 0.4) is 0 Å². The SMILES string of the molecule is CCOCCNC(=O)c1cccc(-c2cc(C)c(C#N)c(C)n2)c1. The van der Waals surface area contributed by atoms with Crippen molar-refractivity contribution in [3.63, 3.8) is 0 Å². The highest BCUT2D eigenvalue weighted by atomic mass is 16.5. The molecule has 0 radical (unpaired) electrons. The van der Waals surface area contributed by atoms with Crippen LogP contribution < -0.4 is 5.32 Å². The third-order valence-electron chi connectivity index (χ3n) is 3.67. The van der Waals surface area contributed by atoms with Crippen molar-refractivity contribution in [2.24, 2.45) is 0 Å². The van der Waals surface area contributed by atoms with E-state index in [1.807, 2.05) is 45.0 Å². The molecule has 0 aliphatic carbocycles. The van der Waals surface area contributed by atoms with Crippen molar-refractivity contribution >= 4 is 5.91 Å². The highest BCUT2D eigenvalue weighted by Crippen LogP contribution is 2.22. The van der Waals surface area contributed by atoms with E-state index in [2.05, 4.69) is 16.4 Å². The normalized spacial score (nSPS) is 10.2. The molecule has 2 aromatic rings. The first kappa shape index (κ1) is 17.6. The summed E-state index contributed by atoms with van der Waals surface area (Å²) in [5, 5.41) is 12.0. The summed E-state index contributed by atoms with van der Waals surface area (Å²) in [7, 11) is 0. The molecule has 0 spiro atoms. The van der Waals surface area contributed by atoms with Crippen molar-refractivity contribution in [2.75, 3.05) is 19.8 Å². The van der Waals surface area contributed by atoms with Gasteiger partial charge in [-0.2, -0.15) is 5.26 Å². The molecule has 24 heavy (non-hydrogen) atoms. The second-order valence-electron chi connectivity index (χ2n) is 5.43. The highest BCUT2D eigenvalue weighted by molar-refractivity contribution is 5.95. The monoisotopic (exact) mass is 323 g/mol. The van der Waals surface area contributed by atoms with Crippen LogP contribution in [0.5, 0.6) is 0 Å². The number of carbonyl (C=O) groups excluding carboxylic acids is 1. The van der Waals surface area contributed by atoms with E-state index in [4.69, 9.17) is 10.00 Å². The summed E-state index contributed by atoms with van der Waals surface area (Å²) in [4.78, 5) is 16.7. The molecule has 0 fully saturated rings. The predicted molar refractivity (Wildman–Crippen MR) is 92.7 cm³/mol. The second kappa shape index (κ2) is 8.23. The Bertz CT molecular complexity index is 755. The van der Waals surface area contributed by atoms with Gasteiger partial charge in [-0.15, -0.1) is 0 Å². The molecule has 1 amide bonds. The third-order valence-corrected chi connectivity index (χ3v) is 3.67. The Labute approximate surface area is 142 Å². The van der Waals surface area contributed by atoms with Gasteiger partial charge in [-0.05, 0) is 44.5 Å². The maximum atomic E-state index is 12.2. The topological polar surface area (TPSA) is 75.0 Å². The van der Waals surface area contributed by atoms with Gasteiger partial charge in [0.2, 0.25) is 0 Å². The lowest BCUT2D eigenvalue weighted by Gasteiger charge is -2.09. The first-order valence-corrected chi connectivity index (χ1v) is 7.91. The first-order chi connectivity index (χ1) is 11.6. The Balaban J connectivity index is 2.22. The molecule has 1 heterocycles. The molecule has 1 aromatic carbocycles. The zero-order valence-corrected chi connectivity index (χ0v) is 14.2. The van der Waals surface area contributed by atoms with E-state index in [1.54, 1.807) is 6.07 Å². The van der Waals surface area contributed by atoms with Gasteiger partial charge in [0.05, 0.1) is 23.6 Å². The average molecular weight is 323 g/mol. The van der Waals surface area contributed by atoms with Crippen LogP contribution in [-0.4, -0.2) is 30.6 Å². The molecule has 1 N–H and O–H groups in total. The second-order valence-corrected chi connectivity index (χ2v) is 5.43. The van der Waals surface area contributed by atoms with Crippen LogP contribution in [0.25, 0.3) is 11.3 Å². The Morgan fingerprint density at radius 1 is 1.33 bits per heavy atom. The predicted octanol–water partition coefficient (Wildman–Crippen LogP) is 3.00. The number of hydrogen-bond acceptors (Lipinski definition) is 4. The number of amides is 1. The van der Waals surface area contributed by atoms with Gasteiger partial charge in [0, 0.05) is 24.3 Å². The van der Waals surface area contributed by atoms with Gasteiger partial charge < -0.3 is 10.1 Å². The Morgan fingerprint density at radius 2 is 2.12 bits per heavy atom. The number of rotatable bonds is 6. The fourth-order valence-electron chi connectivity index (χ4n) is 2.45. The summed E-state index contributed by atoms with van der Waals surface area (Å²) in [6.07, 6.45) is 0. The lowest BCUT2D eigenvalue weighted by Crippen LogP contribution is -2.27. The molecule has 5 nitrogen and oxygen atoms in total. The molecular formula is C19H21N3O2. The quantitative estimate of drug-likeness (QED) is 0.829. The number of aryl methyl sites for hydroxylation is 2.